The van der Waals surface area contributed by atoms with Crippen LogP contribution in [0.4, 0.5) is 0 Å². The van der Waals surface area contributed by atoms with Gasteiger partial charge in [0.1, 0.15) is 11.3 Å². The molecule has 2 N–H and O–H groups in total. The number of amides is 1. The number of hydrogen-bond donors (Lipinski definition) is 2. The Balaban J connectivity index is 1.70. The average molecular weight is 572 g/mol. The summed E-state index contributed by atoms with van der Waals surface area (Å²) in [6, 6.07) is 16.7. The number of nitrogens with one attached hydrogen (secondary N) is 1. The molecule has 1 aliphatic heterocycles. The van der Waals surface area contributed by atoms with Crippen LogP contribution in [0.3, 0.4) is 0 Å². The molecule has 1 unspecified atom stereocenters. The van der Waals surface area contributed by atoms with Crippen molar-refractivity contribution in [2.24, 2.45) is 0 Å². The first-order chi connectivity index (χ1) is 19.8. The first-order valence-corrected chi connectivity index (χ1v) is 13.7. The molecule has 1 atom stereocenters. The van der Waals surface area contributed by atoms with Gasteiger partial charge in [-0.1, -0.05) is 48.9 Å². The third-order valence-corrected chi connectivity index (χ3v) is 7.39. The van der Waals surface area contributed by atoms with E-state index in [1.807, 2.05) is 41.8 Å². The summed E-state index contributed by atoms with van der Waals surface area (Å²) in [5.74, 6) is -1.18. The number of hydrogen-bond acceptors (Lipinski definition) is 7. The summed E-state index contributed by atoms with van der Waals surface area (Å²) < 4.78 is 7.55. The molecule has 4 aromatic rings. The van der Waals surface area contributed by atoms with E-state index in [1.54, 1.807) is 57.4 Å². The Morgan fingerprint density at radius 1 is 1.10 bits per heavy atom. The highest BCUT2D eigenvalue weighted by atomic mass is 35.5. The van der Waals surface area contributed by atoms with Gasteiger partial charge in [-0.2, -0.15) is 5.06 Å². The van der Waals surface area contributed by atoms with Crippen molar-refractivity contribution >= 4 is 40.2 Å². The van der Waals surface area contributed by atoms with Crippen LogP contribution in [0.2, 0.25) is 5.02 Å². The van der Waals surface area contributed by atoms with Crippen LogP contribution in [0, 0.1) is 6.92 Å². The van der Waals surface area contributed by atoms with E-state index in [2.05, 4.69) is 15.3 Å². The minimum atomic E-state index is -0.883. The Labute approximate surface area is 242 Å². The van der Waals surface area contributed by atoms with Crippen LogP contribution in [0.5, 0.6) is 0 Å². The summed E-state index contributed by atoms with van der Waals surface area (Å²) >= 11 is 6.65. The molecule has 0 radical (unpaired) electrons. The molecule has 210 valence electrons. The van der Waals surface area contributed by atoms with E-state index in [4.69, 9.17) is 16.3 Å². The van der Waals surface area contributed by atoms with Crippen LogP contribution in [-0.2, 0) is 14.3 Å². The monoisotopic (exact) mass is 571 g/mol. The van der Waals surface area contributed by atoms with E-state index in [-0.39, 0.29) is 24.3 Å². The van der Waals surface area contributed by atoms with E-state index in [0.29, 0.717) is 32.6 Å². The van der Waals surface area contributed by atoms with Crippen molar-refractivity contribution in [3.63, 3.8) is 0 Å². The number of esters is 1. The quantitative estimate of drug-likeness (QED) is 0.161. The maximum absolute atomic E-state index is 13.6. The van der Waals surface area contributed by atoms with E-state index >= 15 is 0 Å². The minimum Gasteiger partial charge on any atom is -0.463 e. The van der Waals surface area contributed by atoms with Gasteiger partial charge in [-0.05, 0) is 56.2 Å². The standard InChI is InChI=1S/C31H30ClN5O4/c1-5-26(38)37(40)30-18(3)34-29(28(31(39)41-6-2)27(30)22-9-7-8-10-23(22)32)20-11-13-21(14-12-20)36-19(4)35-24-17-33-16-15-25(24)36/h7-17,27,34,40H,5-6H2,1-4H3. The van der Waals surface area contributed by atoms with E-state index in [1.165, 1.54) is 0 Å². The van der Waals surface area contributed by atoms with E-state index in [0.717, 1.165) is 22.5 Å². The third kappa shape index (κ3) is 5.10. The highest BCUT2D eigenvalue weighted by molar-refractivity contribution is 6.31. The molecule has 0 fully saturated rings. The van der Waals surface area contributed by atoms with E-state index < -0.39 is 17.8 Å². The molecular weight excluding hydrogens is 542 g/mol. The number of ether oxygens (including phenoxy) is 1. The Bertz CT molecular complexity index is 1710. The first-order valence-electron chi connectivity index (χ1n) is 13.3. The molecule has 0 spiro atoms. The molecule has 41 heavy (non-hydrogen) atoms. The number of benzene rings is 2. The Kier molecular flexibility index (Phi) is 7.92. The van der Waals surface area contributed by atoms with Crippen molar-refractivity contribution in [3.8, 4) is 5.69 Å². The van der Waals surface area contributed by atoms with Crippen molar-refractivity contribution in [2.45, 2.75) is 40.0 Å². The zero-order valence-corrected chi connectivity index (χ0v) is 23.9. The second kappa shape index (κ2) is 11.6. The lowest BCUT2D eigenvalue weighted by molar-refractivity contribution is -0.158. The Morgan fingerprint density at radius 3 is 2.51 bits per heavy atom. The largest absolute Gasteiger partial charge is 0.463 e. The van der Waals surface area contributed by atoms with Gasteiger partial charge >= 0.3 is 5.97 Å². The molecule has 1 amide bonds. The van der Waals surface area contributed by atoms with Crippen molar-refractivity contribution < 1.29 is 19.5 Å². The van der Waals surface area contributed by atoms with Gasteiger partial charge in [0, 0.05) is 29.0 Å². The fourth-order valence-electron chi connectivity index (χ4n) is 5.21. The number of rotatable bonds is 7. The SMILES string of the molecule is CCOC(=O)C1=C(c2ccc(-n3c(C)nc4cnccc43)cc2)NC(C)=C(N(O)C(=O)CC)C1c1ccccc1Cl. The topological polar surface area (TPSA) is 110 Å². The highest BCUT2D eigenvalue weighted by Crippen LogP contribution is 2.44. The van der Waals surface area contributed by atoms with Crippen LogP contribution in [0.25, 0.3) is 22.4 Å². The molecule has 0 saturated heterocycles. The number of carbonyl (C=O) groups is 2. The second-order valence-electron chi connectivity index (χ2n) is 9.56. The lowest BCUT2D eigenvalue weighted by Crippen LogP contribution is -2.38. The summed E-state index contributed by atoms with van der Waals surface area (Å²) in [5.41, 5.74) is 5.31. The van der Waals surface area contributed by atoms with Crippen molar-refractivity contribution in [1.29, 1.82) is 0 Å². The minimum absolute atomic E-state index is 0.0632. The lowest BCUT2D eigenvalue weighted by Gasteiger charge is -2.35. The molecule has 0 aliphatic carbocycles. The van der Waals surface area contributed by atoms with Gasteiger partial charge < -0.3 is 10.1 Å². The molecule has 5 rings (SSSR count). The number of aryl methyl sites for hydroxylation is 1. The summed E-state index contributed by atoms with van der Waals surface area (Å²) in [7, 11) is 0. The zero-order chi connectivity index (χ0) is 29.3. The van der Waals surface area contributed by atoms with Gasteiger partial charge in [-0.3, -0.25) is 19.6 Å². The van der Waals surface area contributed by atoms with Gasteiger partial charge in [-0.25, -0.2) is 9.78 Å². The van der Waals surface area contributed by atoms with Gasteiger partial charge in [0.2, 0.25) is 5.91 Å². The number of imidazole rings is 1. The fourth-order valence-corrected chi connectivity index (χ4v) is 5.45. The second-order valence-corrected chi connectivity index (χ2v) is 9.97. The predicted molar refractivity (Wildman–Crippen MR) is 156 cm³/mol. The maximum atomic E-state index is 13.6. The van der Waals surface area contributed by atoms with Crippen LogP contribution in [0.15, 0.2) is 84.0 Å². The van der Waals surface area contributed by atoms with E-state index in [9.17, 15) is 14.8 Å². The number of halogens is 1. The molecule has 1 aliphatic rings. The van der Waals surface area contributed by atoms with Crippen molar-refractivity contribution in [3.05, 3.63) is 106 Å². The first kappa shape index (κ1) is 28.1. The summed E-state index contributed by atoms with van der Waals surface area (Å²) in [6.45, 7) is 7.19. The predicted octanol–water partition coefficient (Wildman–Crippen LogP) is 5.90. The van der Waals surface area contributed by atoms with Gasteiger partial charge in [0.05, 0.1) is 41.2 Å². The lowest BCUT2D eigenvalue weighted by atomic mass is 9.82. The molecule has 0 saturated carbocycles. The van der Waals surface area contributed by atoms with Crippen LogP contribution in [-0.4, -0.2) is 43.3 Å². The number of nitrogens with zero attached hydrogens (tertiary/aromatic N) is 4. The zero-order valence-electron chi connectivity index (χ0n) is 23.2. The van der Waals surface area contributed by atoms with Gasteiger partial charge in [-0.15, -0.1) is 0 Å². The highest BCUT2D eigenvalue weighted by Gasteiger charge is 2.40. The number of dihydropyridines is 1. The van der Waals surface area contributed by atoms with Crippen molar-refractivity contribution in [1.82, 2.24) is 24.9 Å². The number of carbonyl (C=O) groups excluding carboxylic acids is 2. The molecule has 10 heteroatoms. The van der Waals surface area contributed by atoms with Gasteiger partial charge in [0.15, 0.2) is 0 Å². The molecule has 9 nitrogen and oxygen atoms in total. The van der Waals surface area contributed by atoms with Crippen molar-refractivity contribution in [2.75, 3.05) is 6.61 Å². The normalized spacial score (nSPS) is 15.2. The smallest absolute Gasteiger partial charge is 0.337 e. The van der Waals surface area contributed by atoms with Crippen LogP contribution in [0.1, 0.15) is 50.1 Å². The summed E-state index contributed by atoms with van der Waals surface area (Å²) in [4.78, 5) is 35.1. The Hall–Kier alpha value is -4.47. The number of aromatic nitrogens is 3. The molecular formula is C31H30ClN5O4. The summed E-state index contributed by atoms with van der Waals surface area (Å²) in [5, 5.41) is 15.3. The number of hydroxylamine groups is 2. The fraction of sp³-hybridized carbons (Fsp3) is 0.226. The third-order valence-electron chi connectivity index (χ3n) is 7.05. The van der Waals surface area contributed by atoms with Crippen LogP contribution < -0.4 is 5.32 Å². The maximum Gasteiger partial charge on any atom is 0.337 e. The Morgan fingerprint density at radius 2 is 1.83 bits per heavy atom. The molecule has 0 bridgehead atoms. The number of allylic oxidation sites excluding steroid dienone is 2. The van der Waals surface area contributed by atoms with Gasteiger partial charge in [0.25, 0.3) is 0 Å². The molecule has 2 aromatic carbocycles. The summed E-state index contributed by atoms with van der Waals surface area (Å²) in [6.07, 6.45) is 3.52. The molecule has 3 heterocycles. The molecule has 2 aromatic heterocycles. The number of pyridine rings is 1. The number of fused-ring (bicyclic) bond motifs is 1. The average Bonchev–Trinajstić information content (AvgIpc) is 3.31. The van der Waals surface area contributed by atoms with Crippen LogP contribution >= 0.6 is 11.6 Å².